The molecule has 2 N–H and O–H groups in total. The highest BCUT2D eigenvalue weighted by Crippen LogP contribution is 2.19. The number of rotatable bonds is 5. The maximum atomic E-state index is 6.25. The van der Waals surface area contributed by atoms with E-state index in [1.54, 1.807) is 0 Å². The largest absolute Gasteiger partial charge is 0.327 e. The summed E-state index contributed by atoms with van der Waals surface area (Å²) in [7, 11) is 0. The number of aryl methyl sites for hydroxylation is 1. The maximum absolute atomic E-state index is 6.25. The molecule has 4 heteroatoms. The zero-order valence-electron chi connectivity index (χ0n) is 11.9. The Hall–Kier alpha value is -1.68. The quantitative estimate of drug-likeness (QED) is 0.897. The summed E-state index contributed by atoms with van der Waals surface area (Å²) in [5.41, 5.74) is 9.60. The smallest absolute Gasteiger partial charge is 0.0952 e. The van der Waals surface area contributed by atoms with Gasteiger partial charge in [0.2, 0.25) is 0 Å². The molecule has 102 valence electrons. The standard InChI is InChI=1S/C15H22N4/c1-11(2)7-13(16)15-8-17-10-19(15)9-14-12(3)5-4-6-18-14/h4-6,8,10-11,13H,7,9,16H2,1-3H3. The highest BCUT2D eigenvalue weighted by Gasteiger charge is 2.14. The van der Waals surface area contributed by atoms with E-state index in [0.717, 1.165) is 24.4 Å². The van der Waals surface area contributed by atoms with Gasteiger partial charge in [0.15, 0.2) is 0 Å². The summed E-state index contributed by atoms with van der Waals surface area (Å²) in [4.78, 5) is 8.66. The monoisotopic (exact) mass is 258 g/mol. The van der Waals surface area contributed by atoms with E-state index in [1.165, 1.54) is 5.56 Å². The van der Waals surface area contributed by atoms with Gasteiger partial charge in [0.25, 0.3) is 0 Å². The zero-order valence-corrected chi connectivity index (χ0v) is 11.9. The molecule has 0 spiro atoms. The number of aromatic nitrogens is 3. The number of nitrogens with two attached hydrogens (primary N) is 1. The van der Waals surface area contributed by atoms with Crippen LogP contribution in [0, 0.1) is 12.8 Å². The van der Waals surface area contributed by atoms with Crippen LogP contribution in [0.2, 0.25) is 0 Å². The Balaban J connectivity index is 2.18. The van der Waals surface area contributed by atoms with Gasteiger partial charge >= 0.3 is 0 Å². The zero-order chi connectivity index (χ0) is 13.8. The molecule has 0 aliphatic rings. The molecule has 0 aliphatic carbocycles. The predicted octanol–water partition coefficient (Wildman–Crippen LogP) is 2.68. The van der Waals surface area contributed by atoms with Crippen molar-refractivity contribution in [3.05, 3.63) is 47.8 Å². The lowest BCUT2D eigenvalue weighted by molar-refractivity contribution is 0.488. The van der Waals surface area contributed by atoms with Gasteiger partial charge < -0.3 is 10.3 Å². The SMILES string of the molecule is Cc1cccnc1Cn1cncc1C(N)CC(C)C. The first-order valence-electron chi connectivity index (χ1n) is 6.74. The van der Waals surface area contributed by atoms with Crippen molar-refractivity contribution in [2.45, 2.75) is 39.8 Å². The molecule has 2 heterocycles. The second-order valence-electron chi connectivity index (χ2n) is 5.45. The van der Waals surface area contributed by atoms with Crippen LogP contribution in [0.15, 0.2) is 30.9 Å². The molecule has 1 atom stereocenters. The van der Waals surface area contributed by atoms with Gasteiger partial charge in [-0.3, -0.25) is 4.98 Å². The van der Waals surface area contributed by atoms with Crippen molar-refractivity contribution in [1.82, 2.24) is 14.5 Å². The van der Waals surface area contributed by atoms with Crippen molar-refractivity contribution in [2.24, 2.45) is 11.7 Å². The van der Waals surface area contributed by atoms with E-state index >= 15 is 0 Å². The minimum atomic E-state index is 0.0338. The van der Waals surface area contributed by atoms with Gasteiger partial charge in [-0.1, -0.05) is 19.9 Å². The van der Waals surface area contributed by atoms with Crippen molar-refractivity contribution in [3.8, 4) is 0 Å². The molecule has 1 unspecified atom stereocenters. The average Bonchev–Trinajstić information content (AvgIpc) is 2.79. The van der Waals surface area contributed by atoms with Crippen LogP contribution in [-0.2, 0) is 6.54 Å². The first kappa shape index (κ1) is 13.7. The summed E-state index contributed by atoms with van der Waals surface area (Å²) in [6.45, 7) is 7.17. The van der Waals surface area contributed by atoms with Crippen LogP contribution in [0.5, 0.6) is 0 Å². The third kappa shape index (κ3) is 3.41. The molecule has 0 radical (unpaired) electrons. The third-order valence-corrected chi connectivity index (χ3v) is 3.29. The lowest BCUT2D eigenvalue weighted by Gasteiger charge is -2.16. The molecule has 0 saturated heterocycles. The number of pyridine rings is 1. The van der Waals surface area contributed by atoms with Crippen LogP contribution < -0.4 is 5.73 Å². The Kier molecular flexibility index (Phi) is 4.32. The Morgan fingerprint density at radius 2 is 2.16 bits per heavy atom. The third-order valence-electron chi connectivity index (χ3n) is 3.29. The Morgan fingerprint density at radius 1 is 1.37 bits per heavy atom. The minimum Gasteiger partial charge on any atom is -0.327 e. The fourth-order valence-corrected chi connectivity index (χ4v) is 2.25. The molecule has 0 amide bonds. The van der Waals surface area contributed by atoms with Crippen LogP contribution >= 0.6 is 0 Å². The van der Waals surface area contributed by atoms with Crippen molar-refractivity contribution in [2.75, 3.05) is 0 Å². The Bertz CT molecular complexity index is 530. The van der Waals surface area contributed by atoms with Gasteiger partial charge in [0.1, 0.15) is 0 Å². The highest BCUT2D eigenvalue weighted by molar-refractivity contribution is 5.19. The first-order chi connectivity index (χ1) is 9.08. The summed E-state index contributed by atoms with van der Waals surface area (Å²) in [5, 5.41) is 0. The first-order valence-corrected chi connectivity index (χ1v) is 6.74. The van der Waals surface area contributed by atoms with Crippen molar-refractivity contribution in [1.29, 1.82) is 0 Å². The van der Waals surface area contributed by atoms with E-state index in [2.05, 4.69) is 41.4 Å². The molecule has 2 rings (SSSR count). The van der Waals surface area contributed by atoms with E-state index in [1.807, 2.05) is 24.8 Å². The van der Waals surface area contributed by atoms with Gasteiger partial charge in [0.05, 0.1) is 24.3 Å². The molecule has 0 bridgehead atoms. The van der Waals surface area contributed by atoms with Crippen LogP contribution in [0.25, 0.3) is 0 Å². The Labute approximate surface area is 114 Å². The number of hydrogen-bond donors (Lipinski definition) is 1. The molecular weight excluding hydrogens is 236 g/mol. The lowest BCUT2D eigenvalue weighted by Crippen LogP contribution is -2.18. The number of nitrogens with zero attached hydrogens (tertiary/aromatic N) is 3. The molecule has 4 nitrogen and oxygen atoms in total. The summed E-state index contributed by atoms with van der Waals surface area (Å²) >= 11 is 0. The molecule has 2 aromatic rings. The molecule has 0 aliphatic heterocycles. The predicted molar refractivity (Wildman–Crippen MR) is 76.7 cm³/mol. The highest BCUT2D eigenvalue weighted by atomic mass is 15.1. The average molecular weight is 258 g/mol. The van der Waals surface area contributed by atoms with Crippen LogP contribution in [0.1, 0.15) is 43.3 Å². The van der Waals surface area contributed by atoms with Gasteiger partial charge in [-0.25, -0.2) is 4.98 Å². The van der Waals surface area contributed by atoms with Crippen LogP contribution in [-0.4, -0.2) is 14.5 Å². The second-order valence-corrected chi connectivity index (χ2v) is 5.45. The van der Waals surface area contributed by atoms with Gasteiger partial charge in [0, 0.05) is 18.4 Å². The number of imidazole rings is 1. The molecule has 0 aromatic carbocycles. The van der Waals surface area contributed by atoms with Gasteiger partial charge in [-0.2, -0.15) is 0 Å². The van der Waals surface area contributed by atoms with Gasteiger partial charge in [-0.15, -0.1) is 0 Å². The van der Waals surface area contributed by atoms with Crippen molar-refractivity contribution in [3.63, 3.8) is 0 Å². The fourth-order valence-electron chi connectivity index (χ4n) is 2.25. The van der Waals surface area contributed by atoms with Crippen LogP contribution in [0.4, 0.5) is 0 Å². The van der Waals surface area contributed by atoms with Crippen molar-refractivity contribution >= 4 is 0 Å². The van der Waals surface area contributed by atoms with Gasteiger partial charge in [-0.05, 0) is 30.9 Å². The van der Waals surface area contributed by atoms with E-state index in [-0.39, 0.29) is 6.04 Å². The number of hydrogen-bond acceptors (Lipinski definition) is 3. The second kappa shape index (κ2) is 5.97. The van der Waals surface area contributed by atoms with Crippen LogP contribution in [0.3, 0.4) is 0 Å². The summed E-state index contributed by atoms with van der Waals surface area (Å²) in [6.07, 6.45) is 6.49. The maximum Gasteiger partial charge on any atom is 0.0952 e. The molecule has 2 aromatic heterocycles. The fraction of sp³-hybridized carbons (Fsp3) is 0.467. The molecule has 0 fully saturated rings. The van der Waals surface area contributed by atoms with E-state index in [0.29, 0.717) is 5.92 Å². The minimum absolute atomic E-state index is 0.0338. The van der Waals surface area contributed by atoms with E-state index < -0.39 is 0 Å². The van der Waals surface area contributed by atoms with Crippen molar-refractivity contribution < 1.29 is 0 Å². The summed E-state index contributed by atoms with van der Waals surface area (Å²) in [6, 6.07) is 4.07. The summed E-state index contributed by atoms with van der Waals surface area (Å²) in [5.74, 6) is 0.579. The normalized spacial score (nSPS) is 12.9. The Morgan fingerprint density at radius 3 is 2.84 bits per heavy atom. The topological polar surface area (TPSA) is 56.7 Å². The summed E-state index contributed by atoms with van der Waals surface area (Å²) < 4.78 is 2.10. The van der Waals surface area contributed by atoms with E-state index in [4.69, 9.17) is 5.73 Å². The molecule has 0 saturated carbocycles. The van der Waals surface area contributed by atoms with E-state index in [9.17, 15) is 0 Å². The molecule has 19 heavy (non-hydrogen) atoms. The lowest BCUT2D eigenvalue weighted by atomic mass is 10.0. The molecular formula is C15H22N4.